The summed E-state index contributed by atoms with van der Waals surface area (Å²) in [5.74, 6) is -0.0630. The Kier molecular flexibility index (Phi) is 9.29. The van der Waals surface area contributed by atoms with Gasteiger partial charge in [-0.05, 0) is 32.9 Å². The van der Waals surface area contributed by atoms with Gasteiger partial charge in [0.15, 0.2) is 28.6 Å². The number of hydrogen-bond acceptors (Lipinski definition) is 21. The number of aromatic nitrogens is 8. The first-order valence-corrected chi connectivity index (χ1v) is 20.8. The first-order valence-electron chi connectivity index (χ1n) is 17.9. The highest BCUT2D eigenvalue weighted by Gasteiger charge is 2.61. The minimum absolute atomic E-state index is 0.00185. The minimum atomic E-state index is -4.39. The Hall–Kier alpha value is -4.70. The van der Waals surface area contributed by atoms with Crippen LogP contribution in [-0.4, -0.2) is 101 Å². The minimum Gasteiger partial charge on any atom is -0.476 e. The van der Waals surface area contributed by atoms with Gasteiger partial charge in [-0.3, -0.25) is 27.2 Å². The Bertz CT molecular complexity index is 2450. The monoisotopic (exact) mass is 832 g/mol. The van der Waals surface area contributed by atoms with Crippen LogP contribution in [0.1, 0.15) is 40.2 Å². The van der Waals surface area contributed by atoms with Crippen LogP contribution in [0.3, 0.4) is 0 Å². The van der Waals surface area contributed by atoms with Crippen LogP contribution in [0.15, 0.2) is 36.9 Å². The summed E-state index contributed by atoms with van der Waals surface area (Å²) in [6, 6.07) is 5.77. The zero-order valence-corrected chi connectivity index (χ0v) is 32.6. The van der Waals surface area contributed by atoms with E-state index in [-0.39, 0.29) is 59.9 Å². The molecule has 23 nitrogen and oxygen atoms in total. The molecule has 4 aliphatic heterocycles. The quantitative estimate of drug-likeness (QED) is 0.170. The van der Waals surface area contributed by atoms with Crippen molar-refractivity contribution in [2.75, 3.05) is 37.9 Å². The van der Waals surface area contributed by atoms with Gasteiger partial charge in [-0.1, -0.05) is 13.0 Å². The fraction of sp³-hybridized carbons (Fsp3) is 0.500. The van der Waals surface area contributed by atoms with Gasteiger partial charge in [0.1, 0.15) is 47.7 Å². The molecular formula is C32H38N10O13P2. The summed E-state index contributed by atoms with van der Waals surface area (Å²) >= 11 is 0. The molecule has 4 saturated heterocycles. The zero-order valence-electron chi connectivity index (χ0n) is 30.8. The van der Waals surface area contributed by atoms with E-state index in [1.165, 1.54) is 42.1 Å². The second-order valence-electron chi connectivity index (χ2n) is 13.7. The van der Waals surface area contributed by atoms with E-state index in [1.54, 1.807) is 17.8 Å². The summed E-state index contributed by atoms with van der Waals surface area (Å²) in [5, 5.41) is 11.8. The van der Waals surface area contributed by atoms with Gasteiger partial charge >= 0.3 is 15.6 Å². The SMILES string of the molecule is CCOc1nc(N)nc2c1ncn2[C@@H]1O[C@@H]2COP(=O)(Oc3cccc(OP4(=O)OC[C@H]5O[C@@H](n6cnc7c(OCC)nc(N)nc76)[C@](C)(O)[C@@H]5O4)c3)O[C@H]2C1C. The molecule has 0 radical (unpaired) electrons. The number of rotatable bonds is 10. The number of ether oxygens (including phenoxy) is 4. The number of phosphoric acid groups is 2. The Balaban J connectivity index is 0.880. The van der Waals surface area contributed by atoms with Crippen LogP contribution in [0.25, 0.3) is 22.3 Å². The topological polar surface area (TPSA) is 286 Å². The van der Waals surface area contributed by atoms with Crippen molar-refractivity contribution in [3.8, 4) is 23.3 Å². The molecule has 25 heteroatoms. The molecule has 10 atom stereocenters. The summed E-state index contributed by atoms with van der Waals surface area (Å²) in [6.07, 6.45) is -2.20. The predicted molar refractivity (Wildman–Crippen MR) is 194 cm³/mol. The van der Waals surface area contributed by atoms with Gasteiger partial charge in [0, 0.05) is 12.0 Å². The molecule has 1 aromatic carbocycles. The van der Waals surface area contributed by atoms with Gasteiger partial charge in [0.25, 0.3) is 0 Å². The van der Waals surface area contributed by atoms with Crippen LogP contribution in [0.2, 0.25) is 0 Å². The summed E-state index contributed by atoms with van der Waals surface area (Å²) in [7, 11) is -8.62. The van der Waals surface area contributed by atoms with Crippen LogP contribution >= 0.6 is 15.6 Å². The van der Waals surface area contributed by atoms with Crippen molar-refractivity contribution >= 4 is 49.9 Å². The van der Waals surface area contributed by atoms with Crippen molar-refractivity contribution in [1.82, 2.24) is 39.0 Å². The molecule has 0 amide bonds. The maximum atomic E-state index is 13.9. The number of nitrogens with zero attached hydrogens (tertiary/aromatic N) is 8. The lowest BCUT2D eigenvalue weighted by Crippen LogP contribution is -2.47. The molecule has 9 rings (SSSR count). The van der Waals surface area contributed by atoms with Crippen LogP contribution in [0.4, 0.5) is 11.9 Å². The van der Waals surface area contributed by atoms with E-state index >= 15 is 0 Å². The van der Waals surface area contributed by atoms with Gasteiger partial charge in [-0.25, -0.2) is 19.1 Å². The van der Waals surface area contributed by atoms with E-state index in [2.05, 4.69) is 29.9 Å². The molecule has 0 spiro atoms. The van der Waals surface area contributed by atoms with E-state index < -0.39 is 58.1 Å². The molecule has 3 unspecified atom stereocenters. The smallest absolute Gasteiger partial charge is 0.476 e. The highest BCUT2D eigenvalue weighted by molar-refractivity contribution is 7.49. The molecule has 5 N–H and O–H groups in total. The van der Waals surface area contributed by atoms with E-state index in [4.69, 9.17) is 57.6 Å². The van der Waals surface area contributed by atoms with Crippen LogP contribution in [0, 0.1) is 5.92 Å². The Morgan fingerprint density at radius 2 is 1.40 bits per heavy atom. The molecule has 4 aromatic heterocycles. The van der Waals surface area contributed by atoms with E-state index in [9.17, 15) is 14.2 Å². The van der Waals surface area contributed by atoms with E-state index in [1.807, 2.05) is 13.8 Å². The molecule has 8 heterocycles. The maximum absolute atomic E-state index is 13.9. The van der Waals surface area contributed by atoms with Crippen LogP contribution in [-0.2, 0) is 36.7 Å². The lowest BCUT2D eigenvalue weighted by atomic mass is 9.96. The number of benzene rings is 1. The van der Waals surface area contributed by atoms with Gasteiger partial charge in [-0.2, -0.15) is 19.9 Å². The standard InChI is InChI=1S/C32H38N10O13P2/c1-5-46-26-20-24(37-30(33)39-26)41(13-35-20)28-15(3)22-18(50-28)11-48-56(44,54-22)52-16-8-7-9-17(10-16)53-57(45)49-12-19-23(55-57)32(4,43)29(51-19)42-14-36-21-25(42)38-31(34)40-27(21)47-6-2/h7-10,13-15,18-19,22-23,28-29,43H,5-6,11-12H2,1-4H3,(H2,33,37,39)(H2,34,38,40)/t15?,18-,19-,22+,23-,28-,29-,32-,56?,57?/m1/s1. The predicted octanol–water partition coefficient (Wildman–Crippen LogP) is 3.31. The van der Waals surface area contributed by atoms with Crippen molar-refractivity contribution < 1.29 is 60.3 Å². The number of anilines is 2. The van der Waals surface area contributed by atoms with Crippen molar-refractivity contribution in [2.45, 2.75) is 70.2 Å². The molecule has 0 saturated carbocycles. The molecule has 57 heavy (non-hydrogen) atoms. The second-order valence-corrected chi connectivity index (χ2v) is 16.8. The zero-order chi connectivity index (χ0) is 39.9. The first-order chi connectivity index (χ1) is 27.3. The second kappa shape index (κ2) is 14.0. The van der Waals surface area contributed by atoms with Gasteiger partial charge in [-0.15, -0.1) is 0 Å². The van der Waals surface area contributed by atoms with E-state index in [0.717, 1.165) is 0 Å². The molecule has 304 valence electrons. The normalized spacial score (nSPS) is 33.6. The number of nitrogen functional groups attached to an aromatic ring is 2. The number of imidazole rings is 2. The fourth-order valence-electron chi connectivity index (χ4n) is 7.30. The fourth-order valence-corrected chi connectivity index (χ4v) is 10.3. The Morgan fingerprint density at radius 3 is 2.02 bits per heavy atom. The van der Waals surface area contributed by atoms with Crippen molar-refractivity contribution in [3.63, 3.8) is 0 Å². The average molecular weight is 833 g/mol. The van der Waals surface area contributed by atoms with Crippen molar-refractivity contribution in [3.05, 3.63) is 36.9 Å². The lowest BCUT2D eigenvalue weighted by Gasteiger charge is -2.34. The lowest BCUT2D eigenvalue weighted by molar-refractivity contribution is -0.0897. The highest BCUT2D eigenvalue weighted by Crippen LogP contribution is 2.60. The first kappa shape index (κ1) is 37.9. The molecule has 4 aliphatic rings. The van der Waals surface area contributed by atoms with Crippen molar-refractivity contribution in [1.29, 1.82) is 0 Å². The van der Waals surface area contributed by atoms with E-state index in [0.29, 0.717) is 29.9 Å². The summed E-state index contributed by atoms with van der Waals surface area (Å²) in [4.78, 5) is 25.6. The third-order valence-electron chi connectivity index (χ3n) is 9.80. The van der Waals surface area contributed by atoms with Crippen LogP contribution in [0.5, 0.6) is 23.3 Å². The molecule has 4 fully saturated rings. The number of phosphoric ester groups is 2. The largest absolute Gasteiger partial charge is 0.530 e. The van der Waals surface area contributed by atoms with Crippen LogP contribution < -0.4 is 30.0 Å². The Labute approximate surface area is 323 Å². The highest BCUT2D eigenvalue weighted by atomic mass is 31.2. The summed E-state index contributed by atoms with van der Waals surface area (Å²) in [5.41, 5.74) is 11.4. The third-order valence-corrected chi connectivity index (χ3v) is 12.6. The van der Waals surface area contributed by atoms with Gasteiger partial charge < -0.3 is 44.6 Å². The Morgan fingerprint density at radius 1 is 0.842 bits per heavy atom. The molecule has 0 aliphatic carbocycles. The molecule has 5 aromatic rings. The van der Waals surface area contributed by atoms with Gasteiger partial charge in [0.2, 0.25) is 23.7 Å². The van der Waals surface area contributed by atoms with Crippen molar-refractivity contribution in [2.24, 2.45) is 5.92 Å². The summed E-state index contributed by atoms with van der Waals surface area (Å²) in [6.45, 7) is 7.20. The number of fused-ring (bicyclic) bond motifs is 4. The number of nitrogens with two attached hydrogens (primary N) is 2. The summed E-state index contributed by atoms with van der Waals surface area (Å²) < 4.78 is 89.0. The number of hydrogen-bond donors (Lipinski definition) is 3. The maximum Gasteiger partial charge on any atom is 0.530 e. The van der Waals surface area contributed by atoms with Gasteiger partial charge in [0.05, 0.1) is 39.1 Å². The number of aliphatic hydroxyl groups is 1. The third kappa shape index (κ3) is 6.61. The average Bonchev–Trinajstić information content (AvgIpc) is 3.91. The molecule has 0 bridgehead atoms. The molecular weight excluding hydrogens is 794 g/mol.